The number of rotatable bonds is 4. The predicted octanol–water partition coefficient (Wildman–Crippen LogP) is 3.37. The molecule has 1 aromatic heterocycles. The van der Waals surface area contributed by atoms with Crippen LogP contribution in [0.1, 0.15) is 48.5 Å². The second-order valence-corrected chi connectivity index (χ2v) is 7.37. The molecule has 26 heavy (non-hydrogen) atoms. The van der Waals surface area contributed by atoms with Crippen LogP contribution in [0.2, 0.25) is 0 Å². The van der Waals surface area contributed by atoms with Gasteiger partial charge in [-0.3, -0.25) is 4.79 Å². The number of nitrogens with zero attached hydrogens (tertiary/aromatic N) is 2. The Kier molecular flexibility index (Phi) is 5.99. The molecule has 1 fully saturated rings. The quantitative estimate of drug-likeness (QED) is 0.827. The summed E-state index contributed by atoms with van der Waals surface area (Å²) in [5, 5.41) is 12.7. The van der Waals surface area contributed by atoms with Gasteiger partial charge in [0.2, 0.25) is 0 Å². The summed E-state index contributed by atoms with van der Waals surface area (Å²) in [6.45, 7) is 4.40. The van der Waals surface area contributed by atoms with E-state index in [4.69, 9.17) is 0 Å². The van der Waals surface area contributed by atoms with Crippen molar-refractivity contribution in [1.29, 1.82) is 0 Å². The average Bonchev–Trinajstić information content (AvgIpc) is 2.83. The zero-order chi connectivity index (χ0) is 18.5. The van der Waals surface area contributed by atoms with Gasteiger partial charge in [-0.05, 0) is 56.6 Å². The van der Waals surface area contributed by atoms with Crippen LogP contribution in [0.4, 0.5) is 0 Å². The smallest absolute Gasteiger partial charge is 0.252 e. The van der Waals surface area contributed by atoms with Crippen LogP contribution in [0, 0.1) is 18.8 Å². The Balaban J connectivity index is 1.79. The highest BCUT2D eigenvalue weighted by Crippen LogP contribution is 2.29. The normalized spacial score (nSPS) is 23.3. The molecule has 5 nitrogen and oxygen atoms in total. The second kappa shape index (κ2) is 8.41. The van der Waals surface area contributed by atoms with Crippen molar-refractivity contribution >= 4 is 5.91 Å². The van der Waals surface area contributed by atoms with Crippen LogP contribution in [0.3, 0.4) is 0 Å². The van der Waals surface area contributed by atoms with Crippen LogP contribution in [0.25, 0.3) is 11.4 Å². The van der Waals surface area contributed by atoms with E-state index in [1.165, 1.54) is 0 Å². The molecule has 3 atom stereocenters. The monoisotopic (exact) mass is 353 g/mol. The van der Waals surface area contributed by atoms with E-state index in [-0.39, 0.29) is 18.6 Å². The summed E-state index contributed by atoms with van der Waals surface area (Å²) in [7, 11) is 0. The minimum atomic E-state index is -0.0729. The van der Waals surface area contributed by atoms with Gasteiger partial charge in [-0.2, -0.15) is 0 Å². The summed E-state index contributed by atoms with van der Waals surface area (Å²) in [5.74, 6) is 1.32. The summed E-state index contributed by atoms with van der Waals surface area (Å²) < 4.78 is 0. The van der Waals surface area contributed by atoms with Crippen LogP contribution >= 0.6 is 0 Å². The summed E-state index contributed by atoms with van der Waals surface area (Å²) in [6.07, 6.45) is 7.21. The van der Waals surface area contributed by atoms with E-state index >= 15 is 0 Å². The molecule has 0 radical (unpaired) electrons. The number of carbonyl (C=O) groups is 1. The number of benzene rings is 1. The maximum Gasteiger partial charge on any atom is 0.252 e. The zero-order valence-electron chi connectivity index (χ0n) is 15.5. The van der Waals surface area contributed by atoms with Crippen molar-refractivity contribution in [2.75, 3.05) is 6.61 Å². The molecule has 5 heteroatoms. The molecule has 2 aromatic rings. The number of hydrogen-bond acceptors (Lipinski definition) is 4. The molecule has 3 unspecified atom stereocenters. The van der Waals surface area contributed by atoms with Crippen molar-refractivity contribution in [1.82, 2.24) is 15.3 Å². The fourth-order valence-corrected chi connectivity index (χ4v) is 3.70. The first kappa shape index (κ1) is 18.5. The topological polar surface area (TPSA) is 75.1 Å². The van der Waals surface area contributed by atoms with E-state index in [0.29, 0.717) is 23.2 Å². The van der Waals surface area contributed by atoms with Gasteiger partial charge in [-0.15, -0.1) is 0 Å². The Labute approximate surface area is 154 Å². The Morgan fingerprint density at radius 3 is 2.65 bits per heavy atom. The third kappa shape index (κ3) is 4.28. The standard InChI is InChI=1S/C21H27N3O2/c1-14-4-9-18(20-22-10-3-11-23-20)19(12-14)21(26)24-17-7-5-15(2)16(13-25)6-8-17/h3-4,9-12,15-17,25H,5-8,13H2,1-2H3,(H,24,26). The number of aliphatic hydroxyl groups is 1. The SMILES string of the molecule is Cc1ccc(-c2ncccn2)c(C(=O)NC2CCC(C)C(CO)CC2)c1. The van der Waals surface area contributed by atoms with Gasteiger partial charge < -0.3 is 10.4 Å². The van der Waals surface area contributed by atoms with E-state index in [1.54, 1.807) is 18.5 Å². The van der Waals surface area contributed by atoms with Gasteiger partial charge in [0.1, 0.15) is 0 Å². The largest absolute Gasteiger partial charge is 0.396 e. The molecule has 0 aliphatic heterocycles. The Hall–Kier alpha value is -2.27. The molecular formula is C21H27N3O2. The van der Waals surface area contributed by atoms with Crippen molar-refractivity contribution in [2.24, 2.45) is 11.8 Å². The van der Waals surface area contributed by atoms with E-state index < -0.39 is 0 Å². The van der Waals surface area contributed by atoms with Crippen LogP contribution < -0.4 is 5.32 Å². The van der Waals surface area contributed by atoms with E-state index in [1.807, 2.05) is 25.1 Å². The number of aromatic nitrogens is 2. The fraction of sp³-hybridized carbons (Fsp3) is 0.476. The number of hydrogen-bond donors (Lipinski definition) is 2. The number of aliphatic hydroxyl groups excluding tert-OH is 1. The average molecular weight is 353 g/mol. The highest BCUT2D eigenvalue weighted by molar-refractivity contribution is 6.00. The Morgan fingerprint density at radius 1 is 1.19 bits per heavy atom. The molecule has 0 saturated heterocycles. The van der Waals surface area contributed by atoms with E-state index in [9.17, 15) is 9.90 Å². The summed E-state index contributed by atoms with van der Waals surface area (Å²) in [5.41, 5.74) is 2.40. The molecule has 0 bridgehead atoms. The van der Waals surface area contributed by atoms with Gasteiger partial charge >= 0.3 is 0 Å². The minimum Gasteiger partial charge on any atom is -0.396 e. The van der Waals surface area contributed by atoms with Crippen molar-refractivity contribution in [3.8, 4) is 11.4 Å². The molecule has 2 N–H and O–H groups in total. The van der Waals surface area contributed by atoms with E-state index in [0.717, 1.165) is 36.8 Å². The van der Waals surface area contributed by atoms with Gasteiger partial charge in [-0.1, -0.05) is 24.6 Å². The number of amides is 1. The minimum absolute atomic E-state index is 0.0729. The fourth-order valence-electron chi connectivity index (χ4n) is 3.70. The van der Waals surface area contributed by atoms with Gasteiger partial charge in [0.05, 0.1) is 5.56 Å². The van der Waals surface area contributed by atoms with Crippen molar-refractivity contribution in [2.45, 2.75) is 45.6 Å². The molecule has 1 heterocycles. The lowest BCUT2D eigenvalue weighted by Crippen LogP contribution is -2.35. The maximum absolute atomic E-state index is 13.0. The molecule has 3 rings (SSSR count). The van der Waals surface area contributed by atoms with Crippen molar-refractivity contribution in [3.05, 3.63) is 47.8 Å². The molecular weight excluding hydrogens is 326 g/mol. The highest BCUT2D eigenvalue weighted by Gasteiger charge is 2.26. The van der Waals surface area contributed by atoms with Crippen LogP contribution in [-0.4, -0.2) is 33.6 Å². The second-order valence-electron chi connectivity index (χ2n) is 7.37. The molecule has 0 spiro atoms. The van der Waals surface area contributed by atoms with Crippen LogP contribution in [0.5, 0.6) is 0 Å². The lowest BCUT2D eigenvalue weighted by Gasteiger charge is -2.18. The predicted molar refractivity (Wildman–Crippen MR) is 102 cm³/mol. The van der Waals surface area contributed by atoms with Crippen molar-refractivity contribution < 1.29 is 9.90 Å². The summed E-state index contributed by atoms with van der Waals surface area (Å²) in [6, 6.07) is 7.70. The lowest BCUT2D eigenvalue weighted by atomic mass is 9.90. The van der Waals surface area contributed by atoms with E-state index in [2.05, 4.69) is 22.2 Å². The molecule has 1 aliphatic rings. The number of carbonyl (C=O) groups excluding carboxylic acids is 1. The van der Waals surface area contributed by atoms with Gasteiger partial charge in [-0.25, -0.2) is 9.97 Å². The molecule has 1 aliphatic carbocycles. The first-order valence-corrected chi connectivity index (χ1v) is 9.38. The van der Waals surface area contributed by atoms with Crippen LogP contribution in [0.15, 0.2) is 36.7 Å². The maximum atomic E-state index is 13.0. The molecule has 1 aromatic carbocycles. The highest BCUT2D eigenvalue weighted by atomic mass is 16.3. The first-order chi connectivity index (χ1) is 12.6. The van der Waals surface area contributed by atoms with Gasteiger partial charge in [0.15, 0.2) is 5.82 Å². The molecule has 1 saturated carbocycles. The lowest BCUT2D eigenvalue weighted by molar-refractivity contribution is 0.0933. The molecule has 1 amide bonds. The first-order valence-electron chi connectivity index (χ1n) is 9.38. The third-order valence-corrected chi connectivity index (χ3v) is 5.46. The van der Waals surface area contributed by atoms with Gasteiger partial charge in [0, 0.05) is 30.6 Å². The Morgan fingerprint density at radius 2 is 1.92 bits per heavy atom. The number of nitrogens with one attached hydrogen (secondary N) is 1. The third-order valence-electron chi connectivity index (χ3n) is 5.46. The zero-order valence-corrected chi connectivity index (χ0v) is 15.5. The Bertz CT molecular complexity index is 748. The number of aryl methyl sites for hydroxylation is 1. The summed E-state index contributed by atoms with van der Waals surface area (Å²) >= 11 is 0. The van der Waals surface area contributed by atoms with Crippen LogP contribution in [-0.2, 0) is 0 Å². The molecule has 138 valence electrons. The van der Waals surface area contributed by atoms with Gasteiger partial charge in [0.25, 0.3) is 5.91 Å². The summed E-state index contributed by atoms with van der Waals surface area (Å²) in [4.78, 5) is 21.6. The van der Waals surface area contributed by atoms with Crippen molar-refractivity contribution in [3.63, 3.8) is 0 Å².